The highest BCUT2D eigenvalue weighted by atomic mass is 32.2. The molecule has 0 radical (unpaired) electrons. The zero-order chi connectivity index (χ0) is 47.3. The highest BCUT2D eigenvalue weighted by Gasteiger charge is 2.16. The lowest BCUT2D eigenvalue weighted by Crippen LogP contribution is -1.91. The number of para-hydroxylation sites is 8. The van der Waals surface area contributed by atoms with E-state index in [0.29, 0.717) is 67.3 Å². The summed E-state index contributed by atoms with van der Waals surface area (Å²) in [5, 5.41) is 45.2. The Morgan fingerprint density at radius 3 is 0.641 bits per heavy atom. The highest BCUT2D eigenvalue weighted by Crippen LogP contribution is 2.41. The van der Waals surface area contributed by atoms with E-state index < -0.39 is 43.2 Å². The average Bonchev–Trinajstić information content (AvgIpc) is 3.22. The number of hydrogen-bond donors (Lipinski definition) is 4. The van der Waals surface area contributed by atoms with Crippen LogP contribution in [-0.2, 0) is 43.2 Å². The summed E-state index contributed by atoms with van der Waals surface area (Å²) in [6, 6.07) is 35.4. The predicted octanol–water partition coefficient (Wildman–Crippen LogP) is 9.14. The van der Waals surface area contributed by atoms with E-state index in [1.165, 1.54) is 0 Å². The molecule has 0 unspecified atom stereocenters. The number of phenolic OH excluding ortho intramolecular Hbond substituents is 4. The minimum absolute atomic E-state index is 0.0473. The van der Waals surface area contributed by atoms with Crippen LogP contribution in [0.1, 0.15) is 22.3 Å². The number of aliphatic imine (C=N–C) groups is 4. The fourth-order valence-electron chi connectivity index (χ4n) is 5.45. The molecule has 336 valence electrons. The van der Waals surface area contributed by atoms with Gasteiger partial charge in [-0.2, -0.15) is 0 Å². The molecule has 0 amide bonds. The smallest absolute Gasteiger partial charge is 0.132 e. The highest BCUT2D eigenvalue weighted by molar-refractivity contribution is 7.84. The summed E-state index contributed by atoms with van der Waals surface area (Å²) in [6.07, 6.45) is 19.3. The van der Waals surface area contributed by atoms with Crippen LogP contribution in [0.3, 0.4) is 0 Å². The third kappa shape index (κ3) is 16.8. The van der Waals surface area contributed by atoms with Crippen LogP contribution < -0.4 is 0 Å². The van der Waals surface area contributed by atoms with Crippen LogP contribution in [0.25, 0.3) is 22.3 Å². The SMILES string of the molecule is CS(C)=O.CS(C)=O.CS(C)=O.CS(C)=O.Oc1c2cccc1-c1cccc(c1O)C=Nc1ccccc1N=Cc1cccc(c1O)-c1cccc(c1O)C=Nc1ccccc1N=C2. The molecule has 0 spiro atoms. The molecule has 64 heavy (non-hydrogen) atoms. The van der Waals surface area contributed by atoms with Crippen molar-refractivity contribution in [2.45, 2.75) is 0 Å². The summed E-state index contributed by atoms with van der Waals surface area (Å²) in [5.74, 6) is -0.189. The van der Waals surface area contributed by atoms with E-state index in [-0.39, 0.29) is 23.0 Å². The number of benzene rings is 6. The van der Waals surface area contributed by atoms with Crippen molar-refractivity contribution in [3.63, 3.8) is 0 Å². The van der Waals surface area contributed by atoms with E-state index in [1.807, 2.05) is 24.3 Å². The summed E-state index contributed by atoms with van der Waals surface area (Å²) in [4.78, 5) is 18.5. The Balaban J connectivity index is 0.000000590. The lowest BCUT2D eigenvalue weighted by molar-refractivity contribution is 0.468. The molecule has 0 aliphatic carbocycles. The van der Waals surface area contributed by atoms with Gasteiger partial charge in [-0.25, -0.2) is 0 Å². The Morgan fingerprint density at radius 2 is 0.469 bits per heavy atom. The van der Waals surface area contributed by atoms with E-state index in [0.717, 1.165) is 0 Å². The van der Waals surface area contributed by atoms with Gasteiger partial charge < -0.3 is 20.4 Å². The van der Waals surface area contributed by atoms with Crippen molar-refractivity contribution in [2.75, 3.05) is 50.0 Å². The van der Waals surface area contributed by atoms with Crippen molar-refractivity contribution in [1.29, 1.82) is 0 Å². The Hall–Kier alpha value is -6.20. The largest absolute Gasteiger partial charge is 0.507 e. The monoisotopic (exact) mass is 940 g/mol. The number of nitrogens with zero attached hydrogens (tertiary/aromatic N) is 4. The van der Waals surface area contributed by atoms with Crippen molar-refractivity contribution in [3.8, 4) is 45.3 Å². The minimum atomic E-state index is -0.611. The summed E-state index contributed by atoms with van der Waals surface area (Å²) >= 11 is 0. The predicted molar refractivity (Wildman–Crippen MR) is 272 cm³/mol. The van der Waals surface area contributed by atoms with Gasteiger partial charge in [-0.05, 0) is 48.5 Å². The van der Waals surface area contributed by atoms with Crippen molar-refractivity contribution in [3.05, 3.63) is 144 Å². The second-order valence-corrected chi connectivity index (χ2v) is 19.9. The summed E-state index contributed by atoms with van der Waals surface area (Å²) < 4.78 is 38.2. The molecule has 0 saturated carbocycles. The van der Waals surface area contributed by atoms with E-state index in [9.17, 15) is 37.3 Å². The zero-order valence-electron chi connectivity index (χ0n) is 36.7. The Labute approximate surface area is 384 Å². The first-order valence-electron chi connectivity index (χ1n) is 19.0. The lowest BCUT2D eigenvalue weighted by atomic mass is 9.98. The van der Waals surface area contributed by atoms with Crippen LogP contribution in [0.15, 0.2) is 141 Å². The molecule has 0 saturated heterocycles. The van der Waals surface area contributed by atoms with Gasteiger partial charge in [0, 0.05) is 163 Å². The van der Waals surface area contributed by atoms with Crippen molar-refractivity contribution in [1.82, 2.24) is 0 Å². The topological polar surface area (TPSA) is 199 Å². The fraction of sp³-hybridized carbons (Fsp3) is 0.167. The Kier molecular flexibility index (Phi) is 21.5. The molecule has 0 atom stereocenters. The quantitative estimate of drug-likeness (QED) is 0.115. The summed E-state index contributed by atoms with van der Waals surface area (Å²) in [6.45, 7) is 0. The average molecular weight is 941 g/mol. The maximum absolute atomic E-state index is 11.3. The van der Waals surface area contributed by atoms with Gasteiger partial charge in [-0.3, -0.25) is 36.8 Å². The first kappa shape index (κ1) is 52.1. The molecule has 6 aromatic carbocycles. The number of fused-ring (bicyclic) bond motifs is 12. The molecule has 4 N–H and O–H groups in total. The normalized spacial score (nSPS) is 11.3. The zero-order valence-corrected chi connectivity index (χ0v) is 40.0. The van der Waals surface area contributed by atoms with Crippen LogP contribution in [0.2, 0.25) is 0 Å². The number of rotatable bonds is 0. The van der Waals surface area contributed by atoms with Crippen LogP contribution in [0.5, 0.6) is 23.0 Å². The molecule has 16 heteroatoms. The molecule has 0 fully saturated rings. The van der Waals surface area contributed by atoms with Crippen LogP contribution in [0, 0.1) is 0 Å². The van der Waals surface area contributed by atoms with E-state index in [1.54, 1.807) is 172 Å². The molecule has 7 rings (SSSR count). The van der Waals surface area contributed by atoms with Crippen molar-refractivity contribution in [2.24, 2.45) is 20.0 Å². The Bertz CT molecular complexity index is 2370. The first-order valence-corrected chi connectivity index (χ1v) is 26.9. The van der Waals surface area contributed by atoms with Gasteiger partial charge in [-0.1, -0.05) is 72.8 Å². The second-order valence-electron chi connectivity index (χ2n) is 14.0. The molecule has 1 aliphatic rings. The van der Waals surface area contributed by atoms with Gasteiger partial charge in [0.05, 0.1) is 22.7 Å². The third-order valence-electron chi connectivity index (χ3n) is 7.98. The number of aromatic hydroxyl groups is 4. The van der Waals surface area contributed by atoms with E-state index in [2.05, 4.69) is 20.0 Å². The van der Waals surface area contributed by atoms with Gasteiger partial charge >= 0.3 is 0 Å². The van der Waals surface area contributed by atoms with Gasteiger partial charge in [0.2, 0.25) is 0 Å². The van der Waals surface area contributed by atoms with E-state index in [4.69, 9.17) is 0 Å². The minimum Gasteiger partial charge on any atom is -0.507 e. The van der Waals surface area contributed by atoms with Crippen molar-refractivity contribution >= 4 is 90.8 Å². The molecule has 1 heterocycles. The fourth-order valence-corrected chi connectivity index (χ4v) is 5.45. The molecular weight excluding hydrogens is 889 g/mol. The summed E-state index contributed by atoms with van der Waals surface area (Å²) in [5.41, 5.74) is 5.62. The van der Waals surface area contributed by atoms with E-state index >= 15 is 0 Å². The maximum Gasteiger partial charge on any atom is 0.132 e. The third-order valence-corrected chi connectivity index (χ3v) is 7.98. The summed E-state index contributed by atoms with van der Waals surface area (Å²) in [7, 11) is -2.44. The van der Waals surface area contributed by atoms with Crippen LogP contribution in [-0.4, -0.2) is 112 Å². The Morgan fingerprint density at radius 1 is 0.297 bits per heavy atom. The standard InChI is InChI=1S/C40H28N4O4.4C2H6OS/c45-37-25-9-5-13-29(37)30-15-7-11-27(39(30)47)23-43-35-19-3-4-20-36(35)44-24-28-12-8-16-32(40(28)48)31-14-6-10-26(38(31)46)22-42-34-18-2-1-17-33(34)41-21-25;4*1-4(2)3/h1-24,45-48H;4*1-2H3. The number of hydrogen-bond acceptors (Lipinski definition) is 12. The van der Waals surface area contributed by atoms with Gasteiger partial charge in [-0.15, -0.1) is 0 Å². The van der Waals surface area contributed by atoms with Gasteiger partial charge in [0.15, 0.2) is 0 Å². The van der Waals surface area contributed by atoms with Gasteiger partial charge in [0.1, 0.15) is 23.0 Å². The molecular formula is C48H52N4O8S4. The first-order chi connectivity index (χ1) is 30.4. The van der Waals surface area contributed by atoms with Crippen LogP contribution in [0.4, 0.5) is 22.7 Å². The molecule has 8 bridgehead atoms. The maximum atomic E-state index is 11.3. The van der Waals surface area contributed by atoms with Crippen LogP contribution >= 0.6 is 0 Å². The lowest BCUT2D eigenvalue weighted by Gasteiger charge is -2.11. The molecule has 1 aliphatic heterocycles. The molecule has 12 nitrogen and oxygen atoms in total. The second kappa shape index (κ2) is 26.4. The van der Waals surface area contributed by atoms with Gasteiger partial charge in [0.25, 0.3) is 0 Å². The number of phenols is 4. The molecule has 6 aromatic rings. The van der Waals surface area contributed by atoms with Crippen molar-refractivity contribution < 1.29 is 37.3 Å². The molecule has 0 aromatic heterocycles.